The molecule has 0 aliphatic rings. The van der Waals surface area contributed by atoms with Crippen molar-refractivity contribution in [2.45, 2.75) is 19.3 Å². The summed E-state index contributed by atoms with van der Waals surface area (Å²) in [5.74, 6) is -0.710. The number of para-hydroxylation sites is 2. The average molecular weight is 517 g/mol. The van der Waals surface area contributed by atoms with E-state index in [4.69, 9.17) is 9.97 Å². The minimum Gasteiger partial charge on any atom is -0.293 e. The molecule has 0 saturated heterocycles. The first kappa shape index (κ1) is 24.5. The van der Waals surface area contributed by atoms with E-state index in [1.165, 1.54) is 21.3 Å². The zero-order chi connectivity index (χ0) is 27.0. The van der Waals surface area contributed by atoms with E-state index in [1.54, 1.807) is 12.4 Å². The molecule has 0 N–H and O–H groups in total. The Hall–Kier alpha value is -4.84. The van der Waals surface area contributed by atoms with Gasteiger partial charge in [-0.15, -0.1) is 0 Å². The Labute approximate surface area is 225 Å². The number of rotatable bonds is 6. The molecule has 6 rings (SSSR count). The van der Waals surface area contributed by atoms with E-state index in [1.807, 2.05) is 97.1 Å². The van der Waals surface area contributed by atoms with Gasteiger partial charge in [0, 0.05) is 52.4 Å². The van der Waals surface area contributed by atoms with Crippen molar-refractivity contribution in [3.05, 3.63) is 145 Å². The van der Waals surface area contributed by atoms with Crippen molar-refractivity contribution in [3.63, 3.8) is 0 Å². The summed E-state index contributed by atoms with van der Waals surface area (Å²) >= 11 is 0. The van der Waals surface area contributed by atoms with Gasteiger partial charge in [-0.2, -0.15) is 8.78 Å². The third-order valence-corrected chi connectivity index (χ3v) is 6.99. The van der Waals surface area contributed by atoms with Gasteiger partial charge in [0.05, 0.1) is 22.8 Å². The summed E-state index contributed by atoms with van der Waals surface area (Å²) in [6.07, 6.45) is 3.52. The predicted octanol–water partition coefficient (Wildman–Crippen LogP) is 8.00. The third-order valence-electron chi connectivity index (χ3n) is 6.99. The number of pyridine rings is 2. The highest BCUT2D eigenvalue weighted by atomic mass is 19.1. The first-order valence-electron chi connectivity index (χ1n) is 12.7. The normalized spacial score (nSPS) is 11.6. The van der Waals surface area contributed by atoms with E-state index in [0.717, 1.165) is 22.8 Å². The van der Waals surface area contributed by atoms with E-state index in [9.17, 15) is 8.78 Å². The maximum Gasteiger partial charge on any atom is 0.198 e. The number of benzene rings is 2. The fourth-order valence-electron chi connectivity index (χ4n) is 4.74. The van der Waals surface area contributed by atoms with Gasteiger partial charge in [-0.1, -0.05) is 48.5 Å². The highest BCUT2D eigenvalue weighted by molar-refractivity contribution is 5.62. The molecule has 2 aromatic carbocycles. The van der Waals surface area contributed by atoms with Gasteiger partial charge < -0.3 is 0 Å². The highest BCUT2D eigenvalue weighted by Gasteiger charge is 2.27. The van der Waals surface area contributed by atoms with Gasteiger partial charge in [0.1, 0.15) is 0 Å². The Morgan fingerprint density at radius 1 is 0.538 bits per heavy atom. The Kier molecular flexibility index (Phi) is 6.15. The van der Waals surface area contributed by atoms with Crippen LogP contribution in [0.25, 0.3) is 33.9 Å². The van der Waals surface area contributed by atoms with Gasteiger partial charge in [0.25, 0.3) is 0 Å². The molecular weight excluding hydrogens is 490 g/mol. The largest absolute Gasteiger partial charge is 0.293 e. The van der Waals surface area contributed by atoms with Crippen molar-refractivity contribution in [2.75, 3.05) is 0 Å². The third kappa shape index (κ3) is 4.66. The lowest BCUT2D eigenvalue weighted by atomic mass is 9.84. The second kappa shape index (κ2) is 9.80. The van der Waals surface area contributed by atoms with Crippen LogP contribution in [-0.4, -0.2) is 19.1 Å². The van der Waals surface area contributed by atoms with Crippen molar-refractivity contribution in [3.8, 4) is 33.9 Å². The molecule has 0 unspecified atom stereocenters. The Morgan fingerprint density at radius 3 is 1.36 bits per heavy atom. The van der Waals surface area contributed by atoms with Crippen LogP contribution in [0.4, 0.5) is 8.78 Å². The minimum absolute atomic E-state index is 0.355. The van der Waals surface area contributed by atoms with E-state index < -0.39 is 5.41 Å². The highest BCUT2D eigenvalue weighted by Crippen LogP contribution is 2.33. The van der Waals surface area contributed by atoms with Crippen molar-refractivity contribution in [1.29, 1.82) is 0 Å². The average Bonchev–Trinajstić information content (AvgIpc) is 3.57. The summed E-state index contributed by atoms with van der Waals surface area (Å²) in [6, 6.07) is 33.3. The molecule has 0 saturated carbocycles. The predicted molar refractivity (Wildman–Crippen MR) is 150 cm³/mol. The van der Waals surface area contributed by atoms with Crippen LogP contribution < -0.4 is 0 Å². The Bertz CT molecular complexity index is 1620. The SMILES string of the molecule is CC(C)(c1cccc(-c2cc(F)n(-c3ccccc3)c2)n1)c1cccc(-c2cc(F)n(-c3ccccc3)c2)n1. The molecule has 6 aromatic rings. The lowest BCUT2D eigenvalue weighted by Crippen LogP contribution is -2.22. The summed E-state index contributed by atoms with van der Waals surface area (Å²) < 4.78 is 32.7. The number of nitrogens with zero attached hydrogens (tertiary/aromatic N) is 4. The monoisotopic (exact) mass is 516 g/mol. The van der Waals surface area contributed by atoms with Crippen LogP contribution in [0.15, 0.2) is 122 Å². The molecule has 0 amide bonds. The molecule has 4 aromatic heterocycles. The molecule has 0 radical (unpaired) electrons. The second-order valence-corrected chi connectivity index (χ2v) is 9.96. The lowest BCUT2D eigenvalue weighted by molar-refractivity contribution is 0.559. The smallest absolute Gasteiger partial charge is 0.198 e. The van der Waals surface area contributed by atoms with E-state index >= 15 is 0 Å². The molecular formula is C33H26F2N4. The molecule has 39 heavy (non-hydrogen) atoms. The molecule has 4 nitrogen and oxygen atoms in total. The molecule has 4 heterocycles. The summed E-state index contributed by atoms with van der Waals surface area (Å²) in [4.78, 5) is 9.83. The number of halogens is 2. The van der Waals surface area contributed by atoms with Gasteiger partial charge >= 0.3 is 0 Å². The van der Waals surface area contributed by atoms with Crippen LogP contribution in [0, 0.1) is 11.9 Å². The topological polar surface area (TPSA) is 35.6 Å². The van der Waals surface area contributed by atoms with E-state index in [-0.39, 0.29) is 11.9 Å². The van der Waals surface area contributed by atoms with Crippen LogP contribution in [0.2, 0.25) is 0 Å². The molecule has 0 aliphatic carbocycles. The van der Waals surface area contributed by atoms with Crippen LogP contribution in [0.5, 0.6) is 0 Å². The minimum atomic E-state index is -0.562. The molecule has 0 fully saturated rings. The molecule has 0 bridgehead atoms. The Balaban J connectivity index is 1.33. The maximum atomic E-state index is 14.8. The standard InChI is InChI=1S/C33H26F2N4/c1-33(2,29-17-9-15-27(36-29)23-19-31(34)38(21-23)25-11-5-3-6-12-25)30-18-10-16-28(37-30)24-20-32(35)39(22-24)26-13-7-4-8-14-26/h3-22H,1-2H3. The van der Waals surface area contributed by atoms with Crippen LogP contribution >= 0.6 is 0 Å². The van der Waals surface area contributed by atoms with Crippen molar-refractivity contribution in [2.24, 2.45) is 0 Å². The van der Waals surface area contributed by atoms with E-state index in [2.05, 4.69) is 13.8 Å². The van der Waals surface area contributed by atoms with Gasteiger partial charge in [-0.3, -0.25) is 19.1 Å². The zero-order valence-corrected chi connectivity index (χ0v) is 21.6. The van der Waals surface area contributed by atoms with Crippen molar-refractivity contribution < 1.29 is 8.78 Å². The number of aromatic nitrogens is 4. The summed E-state index contributed by atoms with van der Waals surface area (Å²) in [5.41, 5.74) is 5.25. The summed E-state index contributed by atoms with van der Waals surface area (Å²) in [7, 11) is 0. The quantitative estimate of drug-likeness (QED) is 0.225. The molecule has 6 heteroatoms. The van der Waals surface area contributed by atoms with Crippen LogP contribution in [0.3, 0.4) is 0 Å². The van der Waals surface area contributed by atoms with Crippen molar-refractivity contribution in [1.82, 2.24) is 19.1 Å². The summed E-state index contributed by atoms with van der Waals surface area (Å²) in [5, 5.41) is 0. The Morgan fingerprint density at radius 2 is 0.949 bits per heavy atom. The van der Waals surface area contributed by atoms with Crippen molar-refractivity contribution >= 4 is 0 Å². The first-order valence-corrected chi connectivity index (χ1v) is 12.7. The first-order chi connectivity index (χ1) is 18.9. The molecule has 0 spiro atoms. The maximum absolute atomic E-state index is 14.8. The molecule has 0 atom stereocenters. The lowest BCUT2D eigenvalue weighted by Gasteiger charge is -2.24. The van der Waals surface area contributed by atoms with Gasteiger partial charge in [0.2, 0.25) is 0 Å². The van der Waals surface area contributed by atoms with Gasteiger partial charge in [0.15, 0.2) is 11.9 Å². The van der Waals surface area contributed by atoms with Crippen LogP contribution in [0.1, 0.15) is 25.2 Å². The molecule has 192 valence electrons. The fraction of sp³-hybridized carbons (Fsp3) is 0.0909. The van der Waals surface area contributed by atoms with Gasteiger partial charge in [-0.05, 0) is 62.4 Å². The summed E-state index contributed by atoms with van der Waals surface area (Å²) in [6.45, 7) is 4.10. The van der Waals surface area contributed by atoms with Crippen LogP contribution in [-0.2, 0) is 5.41 Å². The zero-order valence-electron chi connectivity index (χ0n) is 21.6. The van der Waals surface area contributed by atoms with Gasteiger partial charge in [-0.25, -0.2) is 0 Å². The second-order valence-electron chi connectivity index (χ2n) is 9.96. The van der Waals surface area contributed by atoms with E-state index in [0.29, 0.717) is 22.5 Å². The molecule has 0 aliphatic heterocycles. The fourth-order valence-corrected chi connectivity index (χ4v) is 4.74. The number of hydrogen-bond acceptors (Lipinski definition) is 2. The number of hydrogen-bond donors (Lipinski definition) is 0.